The number of hydrogen-bond acceptors (Lipinski definition) is 4. The molecule has 70 valence electrons. The third kappa shape index (κ3) is 1.47. The van der Waals surface area contributed by atoms with Crippen LogP contribution in [0, 0.1) is 5.11 Å². The van der Waals surface area contributed by atoms with Gasteiger partial charge in [-0.05, 0) is 0 Å². The summed E-state index contributed by atoms with van der Waals surface area (Å²) in [5, 5.41) is 1.80. The first-order valence-corrected chi connectivity index (χ1v) is 4.04. The van der Waals surface area contributed by atoms with E-state index in [1.807, 2.05) is 6.07 Å². The van der Waals surface area contributed by atoms with Crippen molar-refractivity contribution in [2.75, 3.05) is 0 Å². The molecule has 0 aromatic heterocycles. The number of nitrogens with one attached hydrogen (secondary N) is 2. The second kappa shape index (κ2) is 3.51. The molecule has 6 heteroatoms. The van der Waals surface area contributed by atoms with E-state index < -0.39 is 0 Å². The van der Waals surface area contributed by atoms with Gasteiger partial charge in [0.2, 0.25) is 0 Å². The van der Waals surface area contributed by atoms with Crippen LogP contribution in [0.3, 0.4) is 0 Å². The van der Waals surface area contributed by atoms with Crippen molar-refractivity contribution < 1.29 is 9.55 Å². The fourth-order valence-corrected chi connectivity index (χ4v) is 1.23. The predicted octanol–water partition coefficient (Wildman–Crippen LogP) is -1.57. The molecule has 2 rings (SSSR count). The van der Waals surface area contributed by atoms with Crippen molar-refractivity contribution in [3.8, 4) is 0 Å². The zero-order chi connectivity index (χ0) is 9.97. The number of nitrogen functional groups attached to an aromatic ring is 1. The second-order valence-corrected chi connectivity index (χ2v) is 2.82. The maximum atomic E-state index is 11.2. The van der Waals surface area contributed by atoms with E-state index in [2.05, 4.69) is 10.9 Å². The molecule has 0 atom stereocenters. The van der Waals surface area contributed by atoms with Crippen molar-refractivity contribution in [3.63, 3.8) is 0 Å². The Morgan fingerprint density at radius 1 is 1.57 bits per heavy atom. The molecule has 0 radical (unpaired) electrons. The second-order valence-electron chi connectivity index (χ2n) is 2.82. The molecule has 1 amide bonds. The van der Waals surface area contributed by atoms with Crippen molar-refractivity contribution in [2.45, 2.75) is 0 Å². The van der Waals surface area contributed by atoms with E-state index in [-0.39, 0.29) is 5.91 Å². The van der Waals surface area contributed by atoms with Crippen LogP contribution in [0.25, 0.3) is 6.20 Å². The van der Waals surface area contributed by atoms with Crippen molar-refractivity contribution in [1.82, 2.24) is 10.9 Å². The summed E-state index contributed by atoms with van der Waals surface area (Å²) in [5.41, 5.74) is 5.17. The van der Waals surface area contributed by atoms with E-state index in [0.29, 0.717) is 5.56 Å². The first-order valence-electron chi connectivity index (χ1n) is 4.04. The number of hydroxylamine groups is 1. The molecule has 1 aliphatic rings. The summed E-state index contributed by atoms with van der Waals surface area (Å²) in [6.07, 6.45) is 1.71. The number of benzene rings is 1. The van der Waals surface area contributed by atoms with Crippen LogP contribution >= 0.6 is 0 Å². The average Bonchev–Trinajstić information content (AvgIpc) is 2.27. The van der Waals surface area contributed by atoms with E-state index in [4.69, 9.17) is 10.6 Å². The van der Waals surface area contributed by atoms with Gasteiger partial charge in [-0.25, -0.2) is 0 Å². The van der Waals surface area contributed by atoms with Gasteiger partial charge in [-0.15, -0.1) is 0 Å². The van der Waals surface area contributed by atoms with Gasteiger partial charge in [0.15, 0.2) is 0 Å². The molecule has 1 aliphatic heterocycles. The van der Waals surface area contributed by atoms with E-state index >= 15 is 0 Å². The van der Waals surface area contributed by atoms with Crippen LogP contribution < -0.4 is 22.0 Å². The van der Waals surface area contributed by atoms with Crippen LogP contribution in [0.1, 0.15) is 10.4 Å². The molecule has 1 heterocycles. The molecule has 0 bridgehead atoms. The van der Waals surface area contributed by atoms with Gasteiger partial charge in [0, 0.05) is 0 Å². The number of hydrogen-bond donors (Lipinski definition) is 3. The van der Waals surface area contributed by atoms with Gasteiger partial charge in [-0.2, -0.15) is 0 Å². The van der Waals surface area contributed by atoms with Crippen LogP contribution in [0.4, 0.5) is 0 Å². The first kappa shape index (κ1) is 8.77. The number of fused-ring (bicyclic) bond motifs is 1. The molecule has 0 aliphatic carbocycles. The van der Waals surface area contributed by atoms with Crippen LogP contribution in [0.15, 0.2) is 18.2 Å². The maximum absolute atomic E-state index is 11.2. The molecule has 0 saturated heterocycles. The monoisotopic (exact) mass is 189 g/mol. The van der Waals surface area contributed by atoms with Crippen molar-refractivity contribution in [2.24, 2.45) is 5.84 Å². The number of carbonyl (C=O) groups excluding carboxylic acids is 1. The van der Waals surface area contributed by atoms with Gasteiger partial charge in [-0.1, -0.05) is 0 Å². The Morgan fingerprint density at radius 3 is 3.21 bits per heavy atom. The van der Waals surface area contributed by atoms with E-state index in [1.165, 1.54) is 7.12 Å². The van der Waals surface area contributed by atoms with Gasteiger partial charge >= 0.3 is 79.6 Å². The number of nitrogens with two attached hydrogens (primary N) is 1. The summed E-state index contributed by atoms with van der Waals surface area (Å²) in [6, 6.07) is 5.21. The van der Waals surface area contributed by atoms with E-state index in [1.54, 1.807) is 18.3 Å². The third-order valence-corrected chi connectivity index (χ3v) is 1.95. The Labute approximate surface area is 80.4 Å². The van der Waals surface area contributed by atoms with Crippen LogP contribution in [0.2, 0.25) is 0 Å². The van der Waals surface area contributed by atoms with Crippen LogP contribution in [0.5, 0.6) is 0 Å². The van der Waals surface area contributed by atoms with Gasteiger partial charge < -0.3 is 0 Å². The minimum absolute atomic E-state index is 0.320. The Morgan fingerprint density at radius 2 is 2.43 bits per heavy atom. The molecular weight excluding hydrogens is 181 g/mol. The molecule has 4 N–H and O–H groups in total. The summed E-state index contributed by atoms with van der Waals surface area (Å²) < 4.78 is 4.87. The molecule has 1 aromatic carbocycles. The molecule has 0 spiro atoms. The number of amides is 1. The summed E-state index contributed by atoms with van der Waals surface area (Å²) in [5.74, 6) is 4.70. The molecule has 5 nitrogen and oxygen atoms in total. The molecule has 0 saturated carbocycles. The van der Waals surface area contributed by atoms with Gasteiger partial charge in [0.05, 0.1) is 0 Å². The molecule has 0 unspecified atom stereocenters. The SMILES string of the molecule is NNC(=O)c1ccc2c(c1)=BONC=2. The van der Waals surface area contributed by atoms with Gasteiger partial charge in [-0.3, -0.25) is 0 Å². The number of rotatable bonds is 1. The van der Waals surface area contributed by atoms with Crippen LogP contribution in [-0.2, 0) is 4.76 Å². The van der Waals surface area contributed by atoms with Crippen molar-refractivity contribution in [3.05, 3.63) is 34.1 Å². The van der Waals surface area contributed by atoms with E-state index in [9.17, 15) is 4.79 Å². The average molecular weight is 189 g/mol. The standard InChI is InChI=1S/C8H8BN3O2/c10-12-8(13)5-1-2-6-4-11-14-9-7(6)3-5/h1-4,11H,10H2,(H,12,13). The Hall–Kier alpha value is -1.82. The quantitative estimate of drug-likeness (QED) is 0.216. The topological polar surface area (TPSA) is 76.4 Å². The Balaban J connectivity index is 2.55. The normalized spacial score (nSPS) is 11.8. The van der Waals surface area contributed by atoms with E-state index in [0.717, 1.165) is 10.3 Å². The minimum atomic E-state index is -0.320. The van der Waals surface area contributed by atoms with Gasteiger partial charge in [0.25, 0.3) is 0 Å². The molecule has 14 heavy (non-hydrogen) atoms. The number of hydrazine groups is 1. The summed E-state index contributed by atoms with van der Waals surface area (Å²) in [6.45, 7) is 0. The Kier molecular flexibility index (Phi) is 2.20. The van der Waals surface area contributed by atoms with Crippen molar-refractivity contribution >= 4 is 19.2 Å². The molecule has 0 fully saturated rings. The summed E-state index contributed by atoms with van der Waals surface area (Å²) >= 11 is 0. The fraction of sp³-hybridized carbons (Fsp3) is 0. The molecular formula is C8H8BN3O2. The van der Waals surface area contributed by atoms with Crippen molar-refractivity contribution in [1.29, 1.82) is 0 Å². The Bertz CT molecular complexity index is 486. The number of carbonyl (C=O) groups is 1. The molecule has 1 aromatic rings. The predicted molar refractivity (Wildman–Crippen MR) is 51.0 cm³/mol. The van der Waals surface area contributed by atoms with Crippen LogP contribution in [-0.4, -0.2) is 13.0 Å². The zero-order valence-corrected chi connectivity index (χ0v) is 7.28. The third-order valence-electron chi connectivity index (χ3n) is 1.95. The zero-order valence-electron chi connectivity index (χ0n) is 7.28. The first-order chi connectivity index (χ1) is 6.81. The summed E-state index contributed by atoms with van der Waals surface area (Å²) in [4.78, 5) is 11.2. The fourth-order valence-electron chi connectivity index (χ4n) is 1.23. The van der Waals surface area contributed by atoms with Gasteiger partial charge in [0.1, 0.15) is 0 Å². The summed E-state index contributed by atoms with van der Waals surface area (Å²) in [7, 11) is 1.53.